The fourth-order valence-corrected chi connectivity index (χ4v) is 5.06. The van der Waals surface area contributed by atoms with Crippen LogP contribution in [0.15, 0.2) is 29.2 Å². The standard InChI is InChI=1S/C22H38NO4S/c1-2-3-4-5-6-7-8-9-10-11-16-25-21-12-14-22(15-13-21)28-19-17-26-23(24)27-18-20-28/h12-15,24H,2-11,16-20H2,1H3/q+1. The third kappa shape index (κ3) is 10.1. The van der Waals surface area contributed by atoms with Gasteiger partial charge in [0.2, 0.25) is 0 Å². The van der Waals surface area contributed by atoms with E-state index in [1.165, 1.54) is 62.7 Å². The number of ether oxygens (including phenoxy) is 1. The van der Waals surface area contributed by atoms with E-state index in [0.717, 1.165) is 30.3 Å². The minimum absolute atomic E-state index is 0.0817. The molecule has 0 bridgehead atoms. The molecule has 0 spiro atoms. The summed E-state index contributed by atoms with van der Waals surface area (Å²) >= 11 is 0. The molecule has 1 aromatic rings. The summed E-state index contributed by atoms with van der Waals surface area (Å²) in [5.41, 5.74) is 0. The molecule has 1 saturated heterocycles. The van der Waals surface area contributed by atoms with Gasteiger partial charge >= 0.3 is 0 Å². The molecule has 1 aliphatic heterocycles. The minimum atomic E-state index is 0.0817. The topological polar surface area (TPSA) is 51.2 Å². The zero-order chi connectivity index (χ0) is 19.9. The second kappa shape index (κ2) is 15.1. The lowest BCUT2D eigenvalue weighted by molar-refractivity contribution is -0.508. The van der Waals surface area contributed by atoms with Crippen molar-refractivity contribution in [1.82, 2.24) is 5.39 Å². The quantitative estimate of drug-likeness (QED) is 0.341. The van der Waals surface area contributed by atoms with Gasteiger partial charge in [0.25, 0.3) is 0 Å². The summed E-state index contributed by atoms with van der Waals surface area (Å²) in [5.74, 6) is 2.72. The Morgan fingerprint density at radius 1 is 0.857 bits per heavy atom. The fourth-order valence-electron chi connectivity index (χ4n) is 3.31. The molecule has 1 fully saturated rings. The molecule has 160 valence electrons. The molecule has 1 aliphatic rings. The van der Waals surface area contributed by atoms with E-state index >= 15 is 0 Å². The number of hydrogen-bond donors (Lipinski definition) is 1. The Hall–Kier alpha value is -0.790. The van der Waals surface area contributed by atoms with Crippen molar-refractivity contribution in [2.24, 2.45) is 0 Å². The fraction of sp³-hybridized carbons (Fsp3) is 0.727. The average Bonchev–Trinajstić information content (AvgIpc) is 2.69. The first-order chi connectivity index (χ1) is 13.8. The summed E-state index contributed by atoms with van der Waals surface area (Å²) in [4.78, 5) is 11.4. The van der Waals surface area contributed by atoms with Gasteiger partial charge in [0, 0.05) is 10.9 Å². The summed E-state index contributed by atoms with van der Waals surface area (Å²) in [6.45, 7) is 3.98. The summed E-state index contributed by atoms with van der Waals surface area (Å²) in [6.07, 6.45) is 13.4. The highest BCUT2D eigenvalue weighted by Crippen LogP contribution is 2.20. The van der Waals surface area contributed by atoms with Crippen molar-refractivity contribution in [2.45, 2.75) is 76.0 Å². The lowest BCUT2D eigenvalue weighted by atomic mass is 10.1. The molecule has 1 heterocycles. The minimum Gasteiger partial charge on any atom is -0.494 e. The lowest BCUT2D eigenvalue weighted by Crippen LogP contribution is -2.31. The Morgan fingerprint density at radius 2 is 1.39 bits per heavy atom. The van der Waals surface area contributed by atoms with Crippen molar-refractivity contribution in [1.29, 1.82) is 0 Å². The van der Waals surface area contributed by atoms with Crippen molar-refractivity contribution in [3.8, 4) is 5.75 Å². The largest absolute Gasteiger partial charge is 0.494 e. The van der Waals surface area contributed by atoms with E-state index in [4.69, 9.17) is 14.4 Å². The van der Waals surface area contributed by atoms with E-state index in [-0.39, 0.29) is 10.9 Å². The van der Waals surface area contributed by atoms with E-state index in [1.54, 1.807) is 0 Å². The Morgan fingerprint density at radius 3 is 1.96 bits per heavy atom. The van der Waals surface area contributed by atoms with Crippen molar-refractivity contribution in [3.63, 3.8) is 0 Å². The lowest BCUT2D eigenvalue weighted by Gasteiger charge is -2.17. The molecule has 0 saturated carbocycles. The van der Waals surface area contributed by atoms with Gasteiger partial charge < -0.3 is 4.74 Å². The highest BCUT2D eigenvalue weighted by molar-refractivity contribution is 7.96. The summed E-state index contributed by atoms with van der Waals surface area (Å²) in [5, 5.41) is 9.66. The van der Waals surface area contributed by atoms with Crippen LogP contribution in [0.2, 0.25) is 0 Å². The van der Waals surface area contributed by atoms with Crippen molar-refractivity contribution in [2.75, 3.05) is 31.3 Å². The number of rotatable bonds is 13. The van der Waals surface area contributed by atoms with Crippen LogP contribution in [-0.4, -0.2) is 41.9 Å². The van der Waals surface area contributed by atoms with Crippen LogP contribution in [-0.2, 0) is 20.6 Å². The van der Waals surface area contributed by atoms with E-state index in [9.17, 15) is 5.21 Å². The first kappa shape index (κ1) is 23.5. The molecule has 0 aliphatic carbocycles. The summed E-state index contributed by atoms with van der Waals surface area (Å²) < 4.78 is 5.89. The predicted molar refractivity (Wildman–Crippen MR) is 115 cm³/mol. The maximum Gasteiger partial charge on any atom is 0.155 e. The number of unbranched alkanes of at least 4 members (excludes halogenated alkanes) is 9. The SMILES string of the molecule is CCCCCCCCCCCCOc1ccc([S+]2CCON(O)OCC2)cc1. The van der Waals surface area contributed by atoms with E-state index < -0.39 is 0 Å². The molecule has 28 heavy (non-hydrogen) atoms. The molecule has 0 amide bonds. The van der Waals surface area contributed by atoms with Crippen LogP contribution in [0.4, 0.5) is 0 Å². The van der Waals surface area contributed by atoms with Gasteiger partial charge in [-0.15, -0.1) is 0 Å². The Kier molecular flexibility index (Phi) is 12.7. The molecule has 2 rings (SSSR count). The molecule has 0 radical (unpaired) electrons. The monoisotopic (exact) mass is 412 g/mol. The van der Waals surface area contributed by atoms with Gasteiger partial charge in [-0.3, -0.25) is 5.21 Å². The van der Waals surface area contributed by atoms with Crippen LogP contribution < -0.4 is 4.74 Å². The molecular weight excluding hydrogens is 374 g/mol. The third-order valence-electron chi connectivity index (χ3n) is 4.99. The molecule has 0 atom stereocenters. The second-order valence-corrected chi connectivity index (χ2v) is 9.58. The van der Waals surface area contributed by atoms with Gasteiger partial charge in [0.1, 0.15) is 30.5 Å². The van der Waals surface area contributed by atoms with Crippen molar-refractivity contribution >= 4 is 10.9 Å². The molecule has 1 N–H and O–H groups in total. The van der Waals surface area contributed by atoms with Crippen LogP contribution in [0.5, 0.6) is 5.75 Å². The van der Waals surface area contributed by atoms with Crippen LogP contribution in [0.1, 0.15) is 71.1 Å². The maximum atomic E-state index is 9.19. The highest BCUT2D eigenvalue weighted by atomic mass is 32.2. The number of benzene rings is 1. The van der Waals surface area contributed by atoms with Gasteiger partial charge in [0.05, 0.1) is 12.0 Å². The van der Waals surface area contributed by atoms with Gasteiger partial charge in [-0.25, -0.2) is 9.68 Å². The molecular formula is C22H38NO4S+. The van der Waals surface area contributed by atoms with E-state index in [2.05, 4.69) is 31.2 Å². The maximum absolute atomic E-state index is 9.19. The Bertz CT molecular complexity index is 490. The van der Waals surface area contributed by atoms with Crippen LogP contribution in [0.25, 0.3) is 0 Å². The zero-order valence-electron chi connectivity index (χ0n) is 17.4. The summed E-state index contributed by atoms with van der Waals surface area (Å²) in [6, 6.07) is 8.43. The second-order valence-electron chi connectivity index (χ2n) is 7.31. The van der Waals surface area contributed by atoms with Crippen LogP contribution >= 0.6 is 0 Å². The smallest absolute Gasteiger partial charge is 0.155 e. The number of hydrogen-bond acceptors (Lipinski definition) is 5. The molecule has 1 aromatic carbocycles. The predicted octanol–water partition coefficient (Wildman–Crippen LogP) is 5.53. The zero-order valence-corrected chi connectivity index (χ0v) is 18.3. The first-order valence-electron chi connectivity index (χ1n) is 10.9. The van der Waals surface area contributed by atoms with Crippen molar-refractivity contribution < 1.29 is 19.6 Å². The summed E-state index contributed by atoms with van der Waals surface area (Å²) in [7, 11) is 0.0817. The molecule has 6 heteroatoms. The van der Waals surface area contributed by atoms with Crippen molar-refractivity contribution in [3.05, 3.63) is 24.3 Å². The number of nitrogens with zero attached hydrogens (tertiary/aromatic N) is 1. The Balaban J connectivity index is 1.53. The van der Waals surface area contributed by atoms with Gasteiger partial charge in [0.15, 0.2) is 4.90 Å². The molecule has 0 aromatic heterocycles. The van der Waals surface area contributed by atoms with E-state index in [0.29, 0.717) is 18.6 Å². The van der Waals surface area contributed by atoms with Crippen LogP contribution in [0.3, 0.4) is 0 Å². The van der Waals surface area contributed by atoms with E-state index in [1.807, 2.05) is 0 Å². The first-order valence-corrected chi connectivity index (χ1v) is 12.5. The Labute approximate surface area is 173 Å². The van der Waals surface area contributed by atoms with Gasteiger partial charge in [-0.05, 0) is 30.7 Å². The van der Waals surface area contributed by atoms with Gasteiger partial charge in [-0.1, -0.05) is 64.7 Å². The molecule has 5 nitrogen and oxygen atoms in total. The van der Waals surface area contributed by atoms with Crippen LogP contribution in [0, 0.1) is 0 Å². The van der Waals surface area contributed by atoms with Gasteiger partial charge in [-0.2, -0.15) is 0 Å². The average molecular weight is 413 g/mol. The third-order valence-corrected chi connectivity index (χ3v) is 7.24. The molecule has 0 unspecified atom stereocenters. The normalized spacial score (nSPS) is 16.6. The highest BCUT2D eigenvalue weighted by Gasteiger charge is 2.25.